The first-order chi connectivity index (χ1) is 10.3. The van der Waals surface area contributed by atoms with Crippen molar-refractivity contribution < 1.29 is 4.74 Å². The van der Waals surface area contributed by atoms with Gasteiger partial charge in [0.1, 0.15) is 0 Å². The van der Waals surface area contributed by atoms with Crippen molar-refractivity contribution in [3.63, 3.8) is 0 Å². The van der Waals surface area contributed by atoms with Crippen molar-refractivity contribution in [2.45, 2.75) is 32.2 Å². The summed E-state index contributed by atoms with van der Waals surface area (Å²) in [6, 6.07) is 0.926. The summed E-state index contributed by atoms with van der Waals surface area (Å²) < 4.78 is 5.39. The van der Waals surface area contributed by atoms with Crippen LogP contribution in [0.2, 0.25) is 0 Å². The summed E-state index contributed by atoms with van der Waals surface area (Å²) in [5.74, 6) is 6.42. The third-order valence-electron chi connectivity index (χ3n) is 4.13. The maximum absolute atomic E-state index is 5.43. The molecule has 2 saturated heterocycles. The predicted molar refractivity (Wildman–Crippen MR) is 80.2 cm³/mol. The zero-order valence-corrected chi connectivity index (χ0v) is 12.5. The third-order valence-corrected chi connectivity index (χ3v) is 4.13. The van der Waals surface area contributed by atoms with Gasteiger partial charge in [0.2, 0.25) is 11.9 Å². The first kappa shape index (κ1) is 14.3. The van der Waals surface area contributed by atoms with Gasteiger partial charge < -0.3 is 9.64 Å². The standard InChI is InChI=1S/C13H23N7O/c1-2-21-13-16-11(18-14)15-12(17-13)20-8-7-19-6-4-3-5-10(19)9-20/h10H,2-9,14H2,1H3,(H,15,16,17,18). The molecule has 3 heterocycles. The molecule has 2 aliphatic heterocycles. The molecular weight excluding hydrogens is 270 g/mol. The molecule has 0 saturated carbocycles. The number of fused-ring (bicyclic) bond motifs is 1. The van der Waals surface area contributed by atoms with E-state index >= 15 is 0 Å². The van der Waals surface area contributed by atoms with E-state index in [0.29, 0.717) is 30.6 Å². The molecule has 1 atom stereocenters. The minimum absolute atomic E-state index is 0.321. The lowest BCUT2D eigenvalue weighted by Crippen LogP contribution is -2.55. The number of hydrazine groups is 1. The summed E-state index contributed by atoms with van der Waals surface area (Å²) >= 11 is 0. The van der Waals surface area contributed by atoms with E-state index in [1.807, 2.05) is 6.92 Å². The minimum atomic E-state index is 0.321. The van der Waals surface area contributed by atoms with Crippen LogP contribution in [0, 0.1) is 0 Å². The first-order valence-corrected chi connectivity index (χ1v) is 7.64. The highest BCUT2D eigenvalue weighted by Gasteiger charge is 2.30. The van der Waals surface area contributed by atoms with Gasteiger partial charge in [-0.25, -0.2) is 5.84 Å². The van der Waals surface area contributed by atoms with Crippen molar-refractivity contribution in [1.29, 1.82) is 0 Å². The molecule has 116 valence electrons. The van der Waals surface area contributed by atoms with E-state index in [4.69, 9.17) is 10.6 Å². The highest BCUT2D eigenvalue weighted by Crippen LogP contribution is 2.24. The molecule has 0 aromatic carbocycles. The van der Waals surface area contributed by atoms with E-state index in [9.17, 15) is 0 Å². The Morgan fingerprint density at radius 1 is 1.24 bits per heavy atom. The number of hydrogen-bond acceptors (Lipinski definition) is 8. The first-order valence-electron chi connectivity index (χ1n) is 7.64. The van der Waals surface area contributed by atoms with Crippen molar-refractivity contribution in [1.82, 2.24) is 19.9 Å². The molecule has 3 rings (SSSR count). The van der Waals surface area contributed by atoms with Crippen LogP contribution in [-0.4, -0.2) is 58.7 Å². The predicted octanol–water partition coefficient (Wildman–Crippen LogP) is 0.230. The Morgan fingerprint density at radius 3 is 2.95 bits per heavy atom. The Bertz CT molecular complexity index is 484. The maximum Gasteiger partial charge on any atom is 0.323 e. The lowest BCUT2D eigenvalue weighted by Gasteiger charge is -2.43. The molecule has 0 radical (unpaired) electrons. The number of piperazine rings is 1. The lowest BCUT2D eigenvalue weighted by molar-refractivity contribution is 0.132. The van der Waals surface area contributed by atoms with Crippen LogP contribution in [0.4, 0.5) is 11.9 Å². The molecule has 2 fully saturated rings. The average Bonchev–Trinajstić information content (AvgIpc) is 2.54. The molecule has 3 N–H and O–H groups in total. The third kappa shape index (κ3) is 3.16. The van der Waals surface area contributed by atoms with Crippen LogP contribution < -0.4 is 20.9 Å². The summed E-state index contributed by atoms with van der Waals surface area (Å²) in [4.78, 5) is 17.6. The largest absolute Gasteiger partial charge is 0.464 e. The van der Waals surface area contributed by atoms with Gasteiger partial charge in [0.15, 0.2) is 0 Å². The molecule has 0 amide bonds. The molecule has 0 bridgehead atoms. The summed E-state index contributed by atoms with van der Waals surface area (Å²) in [5.41, 5.74) is 2.48. The normalized spacial score (nSPS) is 22.8. The fraction of sp³-hybridized carbons (Fsp3) is 0.769. The number of nitrogens with zero attached hydrogens (tertiary/aromatic N) is 5. The van der Waals surface area contributed by atoms with Gasteiger partial charge in [0.25, 0.3) is 0 Å². The number of nitrogens with two attached hydrogens (primary N) is 1. The van der Waals surface area contributed by atoms with Crippen molar-refractivity contribution in [3.8, 4) is 6.01 Å². The zero-order valence-electron chi connectivity index (χ0n) is 12.5. The van der Waals surface area contributed by atoms with Crippen LogP contribution in [0.25, 0.3) is 0 Å². The quantitative estimate of drug-likeness (QED) is 0.602. The van der Waals surface area contributed by atoms with Gasteiger partial charge in [-0.05, 0) is 26.3 Å². The number of anilines is 2. The summed E-state index contributed by atoms with van der Waals surface area (Å²) in [5, 5.41) is 0. The maximum atomic E-state index is 5.43. The molecule has 0 spiro atoms. The smallest absolute Gasteiger partial charge is 0.323 e. The van der Waals surface area contributed by atoms with Gasteiger partial charge in [-0.2, -0.15) is 15.0 Å². The number of aromatic nitrogens is 3. The summed E-state index contributed by atoms with van der Waals surface area (Å²) in [6.07, 6.45) is 3.88. The van der Waals surface area contributed by atoms with Crippen LogP contribution in [0.15, 0.2) is 0 Å². The summed E-state index contributed by atoms with van der Waals surface area (Å²) in [6.45, 7) is 6.58. The van der Waals surface area contributed by atoms with Gasteiger partial charge in [-0.3, -0.25) is 10.3 Å². The van der Waals surface area contributed by atoms with Gasteiger partial charge >= 0.3 is 6.01 Å². The molecule has 1 unspecified atom stereocenters. The zero-order chi connectivity index (χ0) is 14.7. The highest BCUT2D eigenvalue weighted by molar-refractivity contribution is 5.38. The Morgan fingerprint density at radius 2 is 2.14 bits per heavy atom. The fourth-order valence-electron chi connectivity index (χ4n) is 3.08. The number of nitrogen functional groups attached to an aromatic ring is 1. The van der Waals surface area contributed by atoms with Gasteiger partial charge in [0.05, 0.1) is 6.61 Å². The van der Waals surface area contributed by atoms with Crippen molar-refractivity contribution in [2.24, 2.45) is 5.84 Å². The van der Waals surface area contributed by atoms with Crippen LogP contribution in [0.5, 0.6) is 6.01 Å². The van der Waals surface area contributed by atoms with E-state index in [-0.39, 0.29) is 0 Å². The number of ether oxygens (including phenoxy) is 1. The second-order valence-corrected chi connectivity index (χ2v) is 5.45. The molecule has 8 heteroatoms. The molecule has 8 nitrogen and oxygen atoms in total. The monoisotopic (exact) mass is 293 g/mol. The van der Waals surface area contributed by atoms with Gasteiger partial charge in [-0.15, -0.1) is 0 Å². The van der Waals surface area contributed by atoms with E-state index < -0.39 is 0 Å². The SMILES string of the molecule is CCOc1nc(NN)nc(N2CCN3CCCCC3C2)n1. The van der Waals surface area contributed by atoms with Gasteiger partial charge in [-0.1, -0.05) is 6.42 Å². The van der Waals surface area contributed by atoms with Crippen molar-refractivity contribution in [2.75, 3.05) is 43.1 Å². The van der Waals surface area contributed by atoms with Crippen LogP contribution in [0.1, 0.15) is 26.2 Å². The Hall–Kier alpha value is -1.67. The molecular formula is C13H23N7O. The fourth-order valence-corrected chi connectivity index (χ4v) is 3.08. The molecule has 0 aliphatic carbocycles. The summed E-state index contributed by atoms with van der Waals surface area (Å²) in [7, 11) is 0. The number of nitrogens with one attached hydrogen (secondary N) is 1. The number of piperidine rings is 1. The second kappa shape index (κ2) is 6.40. The highest BCUT2D eigenvalue weighted by atomic mass is 16.5. The van der Waals surface area contributed by atoms with Crippen LogP contribution in [-0.2, 0) is 0 Å². The molecule has 21 heavy (non-hydrogen) atoms. The van der Waals surface area contributed by atoms with Crippen molar-refractivity contribution in [3.05, 3.63) is 0 Å². The van der Waals surface area contributed by atoms with Crippen LogP contribution >= 0.6 is 0 Å². The van der Waals surface area contributed by atoms with Crippen molar-refractivity contribution >= 4 is 11.9 Å². The van der Waals surface area contributed by atoms with Gasteiger partial charge in [0, 0.05) is 25.7 Å². The molecule has 2 aliphatic rings. The van der Waals surface area contributed by atoms with Crippen LogP contribution in [0.3, 0.4) is 0 Å². The Balaban J connectivity index is 1.77. The average molecular weight is 293 g/mol. The number of hydrogen-bond donors (Lipinski definition) is 2. The van der Waals surface area contributed by atoms with E-state index in [0.717, 1.165) is 19.6 Å². The Labute approximate surface area is 124 Å². The Kier molecular flexibility index (Phi) is 4.35. The van der Waals surface area contributed by atoms with E-state index in [1.54, 1.807) is 0 Å². The second-order valence-electron chi connectivity index (χ2n) is 5.45. The van der Waals surface area contributed by atoms with E-state index in [2.05, 4.69) is 30.2 Å². The number of rotatable bonds is 4. The topological polar surface area (TPSA) is 92.4 Å². The molecule has 1 aromatic rings. The lowest BCUT2D eigenvalue weighted by atomic mass is 10.00. The molecule has 1 aromatic heterocycles. The minimum Gasteiger partial charge on any atom is -0.464 e. The van der Waals surface area contributed by atoms with E-state index in [1.165, 1.54) is 25.8 Å².